The van der Waals surface area contributed by atoms with Crippen molar-refractivity contribution in [3.8, 4) is 0 Å². The zero-order chi connectivity index (χ0) is 15.6. The van der Waals surface area contributed by atoms with Crippen molar-refractivity contribution in [2.45, 2.75) is 30.9 Å². The summed E-state index contributed by atoms with van der Waals surface area (Å²) in [5.74, 6) is 0.00484. The third-order valence-electron chi connectivity index (χ3n) is 3.81. The Kier molecular flexibility index (Phi) is 4.70. The number of piperidine rings is 1. The van der Waals surface area contributed by atoms with Crippen molar-refractivity contribution >= 4 is 15.9 Å². The summed E-state index contributed by atoms with van der Waals surface area (Å²) in [7, 11) is -2.38. The molecule has 1 saturated heterocycles. The van der Waals surface area contributed by atoms with Gasteiger partial charge in [-0.25, -0.2) is 13.1 Å². The SMILES string of the molecule is CNS(=O)(=O)c1ccc(C(=O)N2CCC[C@H]([C@@H](C)N)C2)o1. The van der Waals surface area contributed by atoms with Crippen LogP contribution in [0.2, 0.25) is 0 Å². The smallest absolute Gasteiger partial charge is 0.289 e. The van der Waals surface area contributed by atoms with Gasteiger partial charge in [-0.3, -0.25) is 4.79 Å². The number of sulfonamides is 1. The molecule has 2 heterocycles. The van der Waals surface area contributed by atoms with Crippen molar-refractivity contribution in [1.82, 2.24) is 9.62 Å². The fourth-order valence-corrected chi connectivity index (χ4v) is 3.11. The maximum atomic E-state index is 12.4. The van der Waals surface area contributed by atoms with Crippen molar-refractivity contribution in [3.63, 3.8) is 0 Å². The molecule has 1 aromatic heterocycles. The van der Waals surface area contributed by atoms with Crippen LogP contribution in [0.1, 0.15) is 30.3 Å². The number of nitrogens with one attached hydrogen (secondary N) is 1. The van der Waals surface area contributed by atoms with Gasteiger partial charge in [-0.2, -0.15) is 0 Å². The molecule has 0 unspecified atom stereocenters. The molecule has 0 bridgehead atoms. The minimum absolute atomic E-state index is 0.0254. The number of hydrogen-bond acceptors (Lipinski definition) is 5. The Morgan fingerprint density at radius 3 is 2.86 bits per heavy atom. The van der Waals surface area contributed by atoms with Crippen molar-refractivity contribution in [2.24, 2.45) is 11.7 Å². The van der Waals surface area contributed by atoms with Crippen molar-refractivity contribution < 1.29 is 17.6 Å². The zero-order valence-corrected chi connectivity index (χ0v) is 13.0. The Morgan fingerprint density at radius 1 is 1.52 bits per heavy atom. The molecule has 1 aromatic rings. The number of nitrogens with zero attached hydrogens (tertiary/aromatic N) is 1. The van der Waals surface area contributed by atoms with Crippen LogP contribution >= 0.6 is 0 Å². The highest BCUT2D eigenvalue weighted by atomic mass is 32.2. The van der Waals surface area contributed by atoms with E-state index in [2.05, 4.69) is 4.72 Å². The van der Waals surface area contributed by atoms with Crippen LogP contribution in [0, 0.1) is 5.92 Å². The molecule has 1 aliphatic rings. The van der Waals surface area contributed by atoms with Crippen LogP contribution in [0.5, 0.6) is 0 Å². The van der Waals surface area contributed by atoms with Gasteiger partial charge < -0.3 is 15.1 Å². The van der Waals surface area contributed by atoms with E-state index < -0.39 is 10.0 Å². The predicted octanol–water partition coefficient (Wildman–Crippen LogP) is 0.387. The van der Waals surface area contributed by atoms with Gasteiger partial charge in [0, 0.05) is 19.1 Å². The Morgan fingerprint density at radius 2 is 2.24 bits per heavy atom. The summed E-state index contributed by atoms with van der Waals surface area (Å²) < 4.78 is 30.5. The molecule has 0 aliphatic carbocycles. The Hall–Kier alpha value is -1.38. The van der Waals surface area contributed by atoms with Gasteiger partial charge in [-0.15, -0.1) is 0 Å². The van der Waals surface area contributed by atoms with E-state index in [0.717, 1.165) is 12.8 Å². The van der Waals surface area contributed by atoms with Crippen molar-refractivity contribution in [2.75, 3.05) is 20.1 Å². The van der Waals surface area contributed by atoms with Crippen LogP contribution in [-0.4, -0.2) is 45.4 Å². The molecule has 0 aromatic carbocycles. The van der Waals surface area contributed by atoms with Gasteiger partial charge in [0.1, 0.15) is 0 Å². The van der Waals surface area contributed by atoms with Crippen molar-refractivity contribution in [1.29, 1.82) is 0 Å². The van der Waals surface area contributed by atoms with E-state index in [0.29, 0.717) is 13.1 Å². The van der Waals surface area contributed by atoms with Gasteiger partial charge >= 0.3 is 0 Å². The Labute approximate surface area is 124 Å². The van der Waals surface area contributed by atoms with Crippen LogP contribution < -0.4 is 10.5 Å². The highest BCUT2D eigenvalue weighted by molar-refractivity contribution is 7.89. The lowest BCUT2D eigenvalue weighted by molar-refractivity contribution is 0.0623. The molecule has 3 N–H and O–H groups in total. The van der Waals surface area contributed by atoms with Gasteiger partial charge in [0.25, 0.3) is 15.9 Å². The molecule has 2 rings (SSSR count). The van der Waals surface area contributed by atoms with Crippen molar-refractivity contribution in [3.05, 3.63) is 17.9 Å². The highest BCUT2D eigenvalue weighted by Gasteiger charge is 2.29. The first-order chi connectivity index (χ1) is 9.85. The lowest BCUT2D eigenvalue weighted by Gasteiger charge is -2.34. The van der Waals surface area contributed by atoms with E-state index in [-0.39, 0.29) is 28.7 Å². The fourth-order valence-electron chi connectivity index (χ4n) is 2.46. The number of rotatable bonds is 4. The topological polar surface area (TPSA) is 106 Å². The third kappa shape index (κ3) is 3.45. The first kappa shape index (κ1) is 16.0. The Bertz CT molecular complexity index is 609. The summed E-state index contributed by atoms with van der Waals surface area (Å²) in [6.07, 6.45) is 1.89. The van der Waals surface area contributed by atoms with Crippen LogP contribution in [0.15, 0.2) is 21.6 Å². The van der Waals surface area contributed by atoms with Crippen LogP contribution in [0.3, 0.4) is 0 Å². The molecule has 1 fully saturated rings. The molecule has 1 aliphatic heterocycles. The second-order valence-corrected chi connectivity index (χ2v) is 7.16. The predicted molar refractivity (Wildman–Crippen MR) is 77.2 cm³/mol. The van der Waals surface area contributed by atoms with Crippen LogP contribution in [-0.2, 0) is 10.0 Å². The molecular formula is C13H21N3O4S. The first-order valence-electron chi connectivity index (χ1n) is 6.93. The monoisotopic (exact) mass is 315 g/mol. The fraction of sp³-hybridized carbons (Fsp3) is 0.615. The minimum Gasteiger partial charge on any atom is -0.438 e. The van der Waals surface area contributed by atoms with Gasteiger partial charge in [0.2, 0.25) is 5.09 Å². The second-order valence-electron chi connectivity index (χ2n) is 5.34. The summed E-state index contributed by atoms with van der Waals surface area (Å²) in [4.78, 5) is 14.0. The molecule has 118 valence electrons. The number of likely N-dealkylation sites (tertiary alicyclic amines) is 1. The molecule has 8 heteroatoms. The van der Waals surface area contributed by atoms with E-state index in [9.17, 15) is 13.2 Å². The molecule has 7 nitrogen and oxygen atoms in total. The number of carbonyl (C=O) groups is 1. The summed E-state index contributed by atoms with van der Waals surface area (Å²) >= 11 is 0. The van der Waals surface area contributed by atoms with E-state index in [1.54, 1.807) is 4.90 Å². The number of amides is 1. The summed E-state index contributed by atoms with van der Waals surface area (Å²) in [6.45, 7) is 3.14. The average Bonchev–Trinajstić information content (AvgIpc) is 2.97. The maximum absolute atomic E-state index is 12.4. The Balaban J connectivity index is 2.13. The standard InChI is InChI=1S/C13H21N3O4S/c1-9(14)10-4-3-7-16(8-10)13(17)11-5-6-12(20-11)21(18,19)15-2/h5-6,9-10,15H,3-4,7-8,14H2,1-2H3/t9-,10+/m1/s1. The number of hydrogen-bond donors (Lipinski definition) is 2. The van der Waals surface area contributed by atoms with Gasteiger partial charge in [-0.1, -0.05) is 0 Å². The molecule has 0 spiro atoms. The molecule has 1 amide bonds. The highest BCUT2D eigenvalue weighted by Crippen LogP contribution is 2.22. The number of furan rings is 1. The van der Waals surface area contributed by atoms with E-state index in [1.807, 2.05) is 6.92 Å². The normalized spacial score (nSPS) is 21.3. The van der Waals surface area contributed by atoms with E-state index >= 15 is 0 Å². The van der Waals surface area contributed by atoms with Gasteiger partial charge in [-0.05, 0) is 44.9 Å². The van der Waals surface area contributed by atoms with Crippen LogP contribution in [0.25, 0.3) is 0 Å². The molecule has 0 saturated carbocycles. The third-order valence-corrected chi connectivity index (χ3v) is 5.10. The summed E-state index contributed by atoms with van der Waals surface area (Å²) in [5, 5.41) is -0.255. The quantitative estimate of drug-likeness (QED) is 0.836. The molecule has 21 heavy (non-hydrogen) atoms. The average molecular weight is 315 g/mol. The van der Waals surface area contributed by atoms with E-state index in [4.69, 9.17) is 10.2 Å². The number of carbonyl (C=O) groups excluding carboxylic acids is 1. The van der Waals surface area contributed by atoms with E-state index in [1.165, 1.54) is 19.2 Å². The summed E-state index contributed by atoms with van der Waals surface area (Å²) in [5.41, 5.74) is 5.90. The first-order valence-corrected chi connectivity index (χ1v) is 8.41. The molecular weight excluding hydrogens is 294 g/mol. The lowest BCUT2D eigenvalue weighted by Crippen LogP contribution is -2.44. The minimum atomic E-state index is -3.67. The lowest BCUT2D eigenvalue weighted by atomic mass is 9.92. The zero-order valence-electron chi connectivity index (χ0n) is 12.2. The maximum Gasteiger partial charge on any atom is 0.289 e. The second kappa shape index (κ2) is 6.17. The molecule has 2 atom stereocenters. The van der Waals surface area contributed by atoms with Crippen LogP contribution in [0.4, 0.5) is 0 Å². The summed E-state index contributed by atoms with van der Waals surface area (Å²) in [6, 6.07) is 2.70. The van der Waals surface area contributed by atoms with Gasteiger partial charge in [0.15, 0.2) is 5.76 Å². The largest absolute Gasteiger partial charge is 0.438 e. The van der Waals surface area contributed by atoms with Gasteiger partial charge in [0.05, 0.1) is 0 Å². The molecule has 0 radical (unpaired) electrons. The number of nitrogens with two attached hydrogens (primary N) is 1.